The molecule has 0 atom stereocenters. The molecular weight excluding hydrogens is 375 g/mol. The van der Waals surface area contributed by atoms with Gasteiger partial charge in [0, 0.05) is 11.9 Å². The average Bonchev–Trinajstić information content (AvgIpc) is 2.65. The lowest BCUT2D eigenvalue weighted by Crippen LogP contribution is -2.28. The summed E-state index contributed by atoms with van der Waals surface area (Å²) in [7, 11) is 0. The second-order valence-corrected chi connectivity index (χ2v) is 6.20. The van der Waals surface area contributed by atoms with E-state index < -0.39 is 5.91 Å². The number of hydrogen-bond acceptors (Lipinski definition) is 4. The quantitative estimate of drug-likeness (QED) is 0.548. The minimum atomic E-state index is -0.514. The van der Waals surface area contributed by atoms with Gasteiger partial charge in [-0.1, -0.05) is 47.5 Å². The lowest BCUT2D eigenvalue weighted by atomic mass is 10.1. The van der Waals surface area contributed by atoms with Gasteiger partial charge < -0.3 is 0 Å². The van der Waals surface area contributed by atoms with Gasteiger partial charge in [-0.2, -0.15) is 10.2 Å². The van der Waals surface area contributed by atoms with Crippen molar-refractivity contribution in [2.45, 2.75) is 13.5 Å². The fraction of sp³-hybridized carbons (Fsp3) is 0.111. The van der Waals surface area contributed by atoms with Crippen LogP contribution in [0.5, 0.6) is 0 Å². The first kappa shape index (κ1) is 18.1. The topological polar surface area (TPSA) is 76.3 Å². The summed E-state index contributed by atoms with van der Waals surface area (Å²) in [6.45, 7) is 2.14. The molecule has 8 heteroatoms. The highest BCUT2D eigenvalue weighted by Gasteiger charge is 2.15. The van der Waals surface area contributed by atoms with E-state index >= 15 is 0 Å². The third-order valence-corrected chi connectivity index (χ3v) is 4.44. The van der Waals surface area contributed by atoms with Crippen molar-refractivity contribution in [3.05, 3.63) is 74.1 Å². The minimum absolute atomic E-state index is 0.133. The van der Waals surface area contributed by atoms with Crippen molar-refractivity contribution in [2.24, 2.45) is 5.10 Å². The first-order chi connectivity index (χ1) is 12.5. The van der Waals surface area contributed by atoms with Crippen molar-refractivity contribution in [1.29, 1.82) is 0 Å². The summed E-state index contributed by atoms with van der Waals surface area (Å²) in [5.41, 5.74) is 2.99. The van der Waals surface area contributed by atoms with Crippen LogP contribution in [0.2, 0.25) is 10.0 Å². The van der Waals surface area contributed by atoms with Crippen molar-refractivity contribution in [3.63, 3.8) is 0 Å². The van der Waals surface area contributed by atoms with E-state index in [4.69, 9.17) is 23.2 Å². The zero-order chi connectivity index (χ0) is 18.7. The van der Waals surface area contributed by atoms with E-state index in [1.54, 1.807) is 49.4 Å². The van der Waals surface area contributed by atoms with Crippen LogP contribution in [-0.2, 0) is 6.54 Å². The fourth-order valence-corrected chi connectivity index (χ4v) is 2.73. The van der Waals surface area contributed by atoms with Crippen molar-refractivity contribution in [3.8, 4) is 0 Å². The van der Waals surface area contributed by atoms with E-state index in [1.165, 1.54) is 10.9 Å². The van der Waals surface area contributed by atoms with Crippen LogP contribution in [0.1, 0.15) is 23.0 Å². The normalized spacial score (nSPS) is 11.2. The predicted octanol–water partition coefficient (Wildman–Crippen LogP) is 3.49. The number of hydrazone groups is 1. The Morgan fingerprint density at radius 3 is 2.62 bits per heavy atom. The number of halogens is 2. The standard InChI is InChI=1S/C18H14Cl2N4O2/c1-2-24-18(26)13-6-4-3-5-12(13)16(23-24)17(25)22-21-10-11-7-8-14(19)15(20)9-11/h3-10H,2H2,1H3,(H,22,25)/b21-10-. The van der Waals surface area contributed by atoms with Gasteiger partial charge in [-0.05, 0) is 30.7 Å². The first-order valence-corrected chi connectivity index (χ1v) is 8.55. The van der Waals surface area contributed by atoms with Gasteiger partial charge in [0.1, 0.15) is 0 Å². The van der Waals surface area contributed by atoms with Crippen LogP contribution in [0.3, 0.4) is 0 Å². The lowest BCUT2D eigenvalue weighted by molar-refractivity contribution is 0.0949. The summed E-state index contributed by atoms with van der Waals surface area (Å²) < 4.78 is 1.25. The van der Waals surface area contributed by atoms with Crippen LogP contribution >= 0.6 is 23.2 Å². The molecule has 0 aliphatic heterocycles. The molecule has 2 aromatic carbocycles. The predicted molar refractivity (Wildman–Crippen MR) is 103 cm³/mol. The van der Waals surface area contributed by atoms with Crippen LogP contribution in [0, 0.1) is 0 Å². The molecule has 1 N–H and O–H groups in total. The maximum atomic E-state index is 12.5. The van der Waals surface area contributed by atoms with Gasteiger partial charge in [-0.3, -0.25) is 9.59 Å². The van der Waals surface area contributed by atoms with E-state index in [-0.39, 0.29) is 11.3 Å². The minimum Gasteiger partial charge on any atom is -0.267 e. The molecule has 0 fully saturated rings. The SMILES string of the molecule is CCn1nc(C(=O)N/N=C\c2ccc(Cl)c(Cl)c2)c2ccccc2c1=O. The second-order valence-electron chi connectivity index (χ2n) is 5.39. The smallest absolute Gasteiger partial charge is 0.267 e. The van der Waals surface area contributed by atoms with Crippen LogP contribution < -0.4 is 11.0 Å². The Balaban J connectivity index is 1.90. The largest absolute Gasteiger partial charge is 0.292 e. The molecule has 1 heterocycles. The number of fused-ring (bicyclic) bond motifs is 1. The van der Waals surface area contributed by atoms with Crippen LogP contribution in [0.25, 0.3) is 10.8 Å². The maximum Gasteiger partial charge on any atom is 0.292 e. The van der Waals surface area contributed by atoms with Gasteiger partial charge in [-0.25, -0.2) is 10.1 Å². The highest BCUT2D eigenvalue weighted by molar-refractivity contribution is 6.42. The number of aromatic nitrogens is 2. The van der Waals surface area contributed by atoms with Crippen molar-refractivity contribution in [2.75, 3.05) is 0 Å². The summed E-state index contributed by atoms with van der Waals surface area (Å²) in [5.74, 6) is -0.514. The van der Waals surface area contributed by atoms with Gasteiger partial charge in [0.2, 0.25) is 0 Å². The highest BCUT2D eigenvalue weighted by Crippen LogP contribution is 2.21. The molecule has 0 bridgehead atoms. The highest BCUT2D eigenvalue weighted by atomic mass is 35.5. The van der Waals surface area contributed by atoms with E-state index in [2.05, 4.69) is 15.6 Å². The maximum absolute atomic E-state index is 12.5. The molecule has 132 valence electrons. The number of carbonyl (C=O) groups excluding carboxylic acids is 1. The second kappa shape index (κ2) is 7.68. The molecule has 0 radical (unpaired) electrons. The summed E-state index contributed by atoms with van der Waals surface area (Å²) >= 11 is 11.8. The third kappa shape index (κ3) is 3.61. The van der Waals surface area contributed by atoms with Crippen LogP contribution in [-0.4, -0.2) is 21.9 Å². The summed E-state index contributed by atoms with van der Waals surface area (Å²) in [6, 6.07) is 11.8. The number of amides is 1. The number of carbonyl (C=O) groups is 1. The van der Waals surface area contributed by atoms with Crippen LogP contribution in [0.4, 0.5) is 0 Å². The molecule has 0 aliphatic rings. The Morgan fingerprint density at radius 1 is 1.19 bits per heavy atom. The van der Waals surface area contributed by atoms with Gasteiger partial charge in [-0.15, -0.1) is 0 Å². The molecule has 26 heavy (non-hydrogen) atoms. The number of hydrogen-bond donors (Lipinski definition) is 1. The van der Waals surface area contributed by atoms with Gasteiger partial charge in [0.25, 0.3) is 11.5 Å². The number of nitrogens with zero attached hydrogens (tertiary/aromatic N) is 3. The van der Waals surface area contributed by atoms with E-state index in [9.17, 15) is 9.59 Å². The molecule has 1 amide bonds. The van der Waals surface area contributed by atoms with Gasteiger partial charge in [0.05, 0.1) is 21.6 Å². The van der Waals surface area contributed by atoms with E-state index in [0.29, 0.717) is 32.9 Å². The molecule has 0 saturated heterocycles. The first-order valence-electron chi connectivity index (χ1n) is 7.79. The summed E-state index contributed by atoms with van der Waals surface area (Å²) in [5, 5.41) is 9.81. The summed E-state index contributed by atoms with van der Waals surface area (Å²) in [6.07, 6.45) is 1.44. The molecule has 3 rings (SSSR count). The Bertz CT molecular complexity index is 1080. The molecule has 0 aliphatic carbocycles. The number of nitrogens with one attached hydrogen (secondary N) is 1. The zero-order valence-electron chi connectivity index (χ0n) is 13.7. The molecule has 0 saturated carbocycles. The van der Waals surface area contributed by atoms with Gasteiger partial charge >= 0.3 is 0 Å². The zero-order valence-corrected chi connectivity index (χ0v) is 15.3. The van der Waals surface area contributed by atoms with Crippen molar-refractivity contribution >= 4 is 46.1 Å². The Morgan fingerprint density at radius 2 is 1.92 bits per heavy atom. The molecule has 1 aromatic heterocycles. The van der Waals surface area contributed by atoms with Crippen molar-refractivity contribution < 1.29 is 4.79 Å². The molecule has 0 unspecified atom stereocenters. The molecule has 6 nitrogen and oxygen atoms in total. The van der Waals surface area contributed by atoms with Gasteiger partial charge in [0.15, 0.2) is 5.69 Å². The fourth-order valence-electron chi connectivity index (χ4n) is 2.43. The monoisotopic (exact) mass is 388 g/mol. The number of benzene rings is 2. The third-order valence-electron chi connectivity index (χ3n) is 3.71. The summed E-state index contributed by atoms with van der Waals surface area (Å²) in [4.78, 5) is 24.8. The van der Waals surface area contributed by atoms with Crippen molar-refractivity contribution in [1.82, 2.24) is 15.2 Å². The average molecular weight is 389 g/mol. The van der Waals surface area contributed by atoms with E-state index in [1.807, 2.05) is 0 Å². The Labute approximate surface area is 159 Å². The molecular formula is C18H14Cl2N4O2. The number of aryl methyl sites for hydroxylation is 1. The molecule has 0 spiro atoms. The molecule has 3 aromatic rings. The van der Waals surface area contributed by atoms with E-state index in [0.717, 1.165) is 0 Å². The Kier molecular flexibility index (Phi) is 5.35. The van der Waals surface area contributed by atoms with Crippen LogP contribution in [0.15, 0.2) is 52.4 Å². The number of rotatable bonds is 4. The Hall–Kier alpha value is -2.70. The lowest BCUT2D eigenvalue weighted by Gasteiger charge is -2.08.